The fraction of sp³-hybridized carbons (Fsp3) is 0.385. The molecule has 1 aromatic carbocycles. The second-order valence-corrected chi connectivity index (χ2v) is 3.66. The Morgan fingerprint density at radius 2 is 2.06 bits per heavy atom. The molecule has 1 amide bonds. The van der Waals surface area contributed by atoms with Gasteiger partial charge in [-0.2, -0.15) is 5.10 Å². The first kappa shape index (κ1) is 12.4. The third-order valence-corrected chi connectivity index (χ3v) is 2.21. The molecule has 0 aliphatic rings. The van der Waals surface area contributed by atoms with E-state index in [-0.39, 0.29) is 5.91 Å². The van der Waals surface area contributed by atoms with Gasteiger partial charge in [0.25, 0.3) is 0 Å². The van der Waals surface area contributed by atoms with Gasteiger partial charge in [-0.3, -0.25) is 4.79 Å². The van der Waals surface area contributed by atoms with Crippen molar-refractivity contribution in [3.05, 3.63) is 35.9 Å². The minimum Gasteiger partial charge on any atom is -0.273 e. The first-order valence-electron chi connectivity index (χ1n) is 5.70. The highest BCUT2D eigenvalue weighted by atomic mass is 16.2. The number of hydrogen-bond acceptors (Lipinski definition) is 2. The van der Waals surface area contributed by atoms with Crippen LogP contribution >= 0.6 is 0 Å². The van der Waals surface area contributed by atoms with Gasteiger partial charge in [0.15, 0.2) is 0 Å². The van der Waals surface area contributed by atoms with Crippen molar-refractivity contribution in [1.82, 2.24) is 5.43 Å². The quantitative estimate of drug-likeness (QED) is 0.445. The van der Waals surface area contributed by atoms with E-state index in [1.165, 1.54) is 0 Å². The summed E-state index contributed by atoms with van der Waals surface area (Å²) in [5.74, 6) is -0.0133. The largest absolute Gasteiger partial charge is 0.273 e. The topological polar surface area (TPSA) is 41.5 Å². The minimum absolute atomic E-state index is 0.0133. The molecule has 1 aromatic rings. The average molecular weight is 218 g/mol. The summed E-state index contributed by atoms with van der Waals surface area (Å²) in [6.07, 6.45) is 5.36. The molecule has 0 fully saturated rings. The smallest absolute Gasteiger partial charge is 0.240 e. The van der Waals surface area contributed by atoms with Gasteiger partial charge in [-0.05, 0) is 12.0 Å². The summed E-state index contributed by atoms with van der Waals surface area (Å²) in [6.45, 7) is 2.12. The number of rotatable bonds is 6. The molecule has 3 nitrogen and oxygen atoms in total. The predicted octanol–water partition coefficient (Wildman–Crippen LogP) is 2.72. The van der Waals surface area contributed by atoms with E-state index in [1.807, 2.05) is 30.3 Å². The maximum Gasteiger partial charge on any atom is 0.240 e. The van der Waals surface area contributed by atoms with E-state index in [0.29, 0.717) is 6.42 Å². The summed E-state index contributed by atoms with van der Waals surface area (Å²) < 4.78 is 0. The minimum atomic E-state index is -0.0133. The molecule has 0 heterocycles. The van der Waals surface area contributed by atoms with Gasteiger partial charge in [0.05, 0.1) is 6.21 Å². The molecule has 1 N–H and O–H groups in total. The highest BCUT2D eigenvalue weighted by molar-refractivity contribution is 5.82. The number of carbonyl (C=O) groups is 1. The molecule has 0 spiro atoms. The first-order valence-corrected chi connectivity index (χ1v) is 5.70. The summed E-state index contributed by atoms with van der Waals surface area (Å²) in [7, 11) is 0. The lowest BCUT2D eigenvalue weighted by molar-refractivity contribution is -0.121. The molecular formula is C13H18N2O. The van der Waals surface area contributed by atoms with E-state index in [0.717, 1.165) is 24.8 Å². The van der Waals surface area contributed by atoms with Crippen LogP contribution in [0.5, 0.6) is 0 Å². The van der Waals surface area contributed by atoms with Crippen molar-refractivity contribution in [2.24, 2.45) is 5.10 Å². The Kier molecular flexibility index (Phi) is 5.92. The summed E-state index contributed by atoms with van der Waals surface area (Å²) in [5, 5.41) is 3.90. The molecule has 0 aliphatic carbocycles. The van der Waals surface area contributed by atoms with Gasteiger partial charge < -0.3 is 0 Å². The van der Waals surface area contributed by atoms with Crippen molar-refractivity contribution in [2.45, 2.75) is 32.6 Å². The van der Waals surface area contributed by atoms with Crippen LogP contribution in [0.1, 0.15) is 38.2 Å². The lowest BCUT2D eigenvalue weighted by atomic mass is 10.2. The zero-order valence-electron chi connectivity index (χ0n) is 9.65. The fourth-order valence-corrected chi connectivity index (χ4v) is 1.31. The van der Waals surface area contributed by atoms with Gasteiger partial charge in [-0.1, -0.05) is 50.1 Å². The van der Waals surface area contributed by atoms with Crippen LogP contribution in [0, 0.1) is 0 Å². The van der Waals surface area contributed by atoms with Crippen LogP contribution in [-0.4, -0.2) is 12.1 Å². The molecule has 86 valence electrons. The highest BCUT2D eigenvalue weighted by Crippen LogP contribution is 1.98. The number of nitrogens with zero attached hydrogens (tertiary/aromatic N) is 1. The second kappa shape index (κ2) is 7.63. The van der Waals surface area contributed by atoms with Gasteiger partial charge in [-0.15, -0.1) is 0 Å². The monoisotopic (exact) mass is 218 g/mol. The van der Waals surface area contributed by atoms with Gasteiger partial charge >= 0.3 is 0 Å². The molecule has 3 heteroatoms. The number of amides is 1. The molecule has 0 bridgehead atoms. The number of hydrazone groups is 1. The van der Waals surface area contributed by atoms with Gasteiger partial charge in [0, 0.05) is 6.42 Å². The number of unbranched alkanes of at least 4 members (excludes halogenated alkanes) is 2. The molecule has 0 saturated heterocycles. The first-order chi connectivity index (χ1) is 7.83. The molecule has 16 heavy (non-hydrogen) atoms. The van der Waals surface area contributed by atoms with Crippen molar-refractivity contribution in [3.63, 3.8) is 0 Å². The molecule has 0 radical (unpaired) electrons. The molecule has 0 aliphatic heterocycles. The number of hydrogen-bond donors (Lipinski definition) is 1. The lowest BCUT2D eigenvalue weighted by Crippen LogP contribution is -2.16. The molecular weight excluding hydrogens is 200 g/mol. The fourth-order valence-electron chi connectivity index (χ4n) is 1.31. The van der Waals surface area contributed by atoms with E-state index in [9.17, 15) is 4.79 Å². The predicted molar refractivity (Wildman–Crippen MR) is 66.3 cm³/mol. The molecule has 0 saturated carbocycles. The Labute approximate surface area is 96.6 Å². The van der Waals surface area contributed by atoms with E-state index in [1.54, 1.807) is 6.21 Å². The van der Waals surface area contributed by atoms with Crippen LogP contribution in [0.3, 0.4) is 0 Å². The summed E-state index contributed by atoms with van der Waals surface area (Å²) in [5.41, 5.74) is 3.50. The maximum atomic E-state index is 11.3. The third-order valence-electron chi connectivity index (χ3n) is 2.21. The van der Waals surface area contributed by atoms with Crippen molar-refractivity contribution < 1.29 is 4.79 Å². The number of carbonyl (C=O) groups excluding carboxylic acids is 1. The van der Waals surface area contributed by atoms with Gasteiger partial charge in [0.2, 0.25) is 5.91 Å². The van der Waals surface area contributed by atoms with E-state index < -0.39 is 0 Å². The second-order valence-electron chi connectivity index (χ2n) is 3.66. The van der Waals surface area contributed by atoms with Crippen molar-refractivity contribution in [1.29, 1.82) is 0 Å². The lowest BCUT2D eigenvalue weighted by Gasteiger charge is -1.98. The standard InChI is InChI=1S/C13H18N2O/c1-2-3-5-10-13(16)15-14-11-12-8-6-4-7-9-12/h4,6-9,11H,2-3,5,10H2,1H3,(H,15,16). The zero-order valence-corrected chi connectivity index (χ0v) is 9.65. The van der Waals surface area contributed by atoms with Gasteiger partial charge in [0.1, 0.15) is 0 Å². The average Bonchev–Trinajstić information content (AvgIpc) is 2.31. The third kappa shape index (κ3) is 5.29. The Morgan fingerprint density at radius 3 is 2.75 bits per heavy atom. The number of nitrogens with one attached hydrogen (secondary N) is 1. The van der Waals surface area contributed by atoms with Crippen molar-refractivity contribution in [3.8, 4) is 0 Å². The van der Waals surface area contributed by atoms with Crippen LogP contribution in [0.2, 0.25) is 0 Å². The Balaban J connectivity index is 2.24. The molecule has 0 atom stereocenters. The molecule has 0 aromatic heterocycles. The van der Waals surface area contributed by atoms with Gasteiger partial charge in [-0.25, -0.2) is 5.43 Å². The van der Waals surface area contributed by atoms with Crippen LogP contribution in [0.15, 0.2) is 35.4 Å². The molecule has 0 unspecified atom stereocenters. The highest BCUT2D eigenvalue weighted by Gasteiger charge is 1.97. The zero-order chi connectivity index (χ0) is 11.6. The van der Waals surface area contributed by atoms with Crippen molar-refractivity contribution in [2.75, 3.05) is 0 Å². The Morgan fingerprint density at radius 1 is 1.31 bits per heavy atom. The summed E-state index contributed by atoms with van der Waals surface area (Å²) in [6, 6.07) is 9.69. The van der Waals surface area contributed by atoms with E-state index >= 15 is 0 Å². The van der Waals surface area contributed by atoms with E-state index in [4.69, 9.17) is 0 Å². The normalized spacial score (nSPS) is 10.6. The van der Waals surface area contributed by atoms with Crippen LogP contribution in [0.25, 0.3) is 0 Å². The Hall–Kier alpha value is -1.64. The summed E-state index contributed by atoms with van der Waals surface area (Å²) in [4.78, 5) is 11.3. The maximum absolute atomic E-state index is 11.3. The van der Waals surface area contributed by atoms with Crippen LogP contribution in [0.4, 0.5) is 0 Å². The molecule has 1 rings (SSSR count). The Bertz CT molecular complexity index is 333. The SMILES string of the molecule is CCCCCC(=O)NN=Cc1ccccc1. The number of benzene rings is 1. The van der Waals surface area contributed by atoms with Crippen LogP contribution in [-0.2, 0) is 4.79 Å². The van der Waals surface area contributed by atoms with E-state index in [2.05, 4.69) is 17.5 Å². The van der Waals surface area contributed by atoms with Crippen LogP contribution < -0.4 is 5.43 Å². The van der Waals surface area contributed by atoms with Crippen molar-refractivity contribution >= 4 is 12.1 Å². The summed E-state index contributed by atoms with van der Waals surface area (Å²) >= 11 is 0.